The highest BCUT2D eigenvalue weighted by Crippen LogP contribution is 2.31. The zero-order chi connectivity index (χ0) is 13.6. The Labute approximate surface area is 110 Å². The number of hydrogen-bond donors (Lipinski definition) is 2. The van der Waals surface area contributed by atoms with E-state index in [1.807, 2.05) is 0 Å². The molecule has 6 heteroatoms. The van der Waals surface area contributed by atoms with Crippen LogP contribution in [0.3, 0.4) is 0 Å². The zero-order valence-electron chi connectivity index (χ0n) is 11.3. The van der Waals surface area contributed by atoms with Gasteiger partial charge in [0.25, 0.3) is 0 Å². The molecule has 1 saturated carbocycles. The van der Waals surface area contributed by atoms with Crippen LogP contribution in [0, 0.1) is 5.92 Å². The van der Waals surface area contributed by atoms with Crippen LogP contribution in [-0.4, -0.2) is 45.1 Å². The van der Waals surface area contributed by atoms with Crippen molar-refractivity contribution >= 4 is 10.0 Å². The fraction of sp³-hybridized carbons (Fsp3) is 1.00. The van der Waals surface area contributed by atoms with Gasteiger partial charge in [0.2, 0.25) is 10.0 Å². The second-order valence-electron chi connectivity index (χ2n) is 5.39. The number of hydrogen-bond acceptors (Lipinski definition) is 4. The van der Waals surface area contributed by atoms with Crippen molar-refractivity contribution in [3.05, 3.63) is 0 Å². The van der Waals surface area contributed by atoms with Gasteiger partial charge in [0, 0.05) is 20.3 Å². The molecule has 0 unspecified atom stereocenters. The highest BCUT2D eigenvalue weighted by molar-refractivity contribution is 7.89. The van der Waals surface area contributed by atoms with Gasteiger partial charge in [0.15, 0.2) is 0 Å². The third-order valence-corrected chi connectivity index (χ3v) is 5.00. The highest BCUT2D eigenvalue weighted by Gasteiger charge is 2.32. The van der Waals surface area contributed by atoms with E-state index >= 15 is 0 Å². The molecule has 0 aromatic rings. The highest BCUT2D eigenvalue weighted by atomic mass is 32.2. The molecule has 0 radical (unpaired) electrons. The van der Waals surface area contributed by atoms with Gasteiger partial charge in [-0.2, -0.15) is 0 Å². The maximum atomic E-state index is 11.7. The predicted molar refractivity (Wildman–Crippen MR) is 70.9 cm³/mol. The monoisotopic (exact) mass is 279 g/mol. The molecule has 1 rings (SSSR count). The number of ether oxygens (including phenoxy) is 1. The van der Waals surface area contributed by atoms with E-state index in [9.17, 15) is 13.5 Å². The molecule has 1 aliphatic carbocycles. The van der Waals surface area contributed by atoms with Gasteiger partial charge in [0.05, 0.1) is 11.4 Å². The molecule has 0 amide bonds. The molecule has 108 valence electrons. The van der Waals surface area contributed by atoms with Crippen LogP contribution in [0.15, 0.2) is 0 Å². The first kappa shape index (κ1) is 15.9. The van der Waals surface area contributed by atoms with Crippen LogP contribution in [-0.2, 0) is 14.8 Å². The summed E-state index contributed by atoms with van der Waals surface area (Å²) in [6, 6.07) is 0. The van der Waals surface area contributed by atoms with Gasteiger partial charge >= 0.3 is 0 Å². The summed E-state index contributed by atoms with van der Waals surface area (Å²) in [7, 11) is -1.75. The summed E-state index contributed by atoms with van der Waals surface area (Å²) in [6.45, 7) is 2.73. The number of methoxy groups -OCH3 is 1. The molecule has 2 N–H and O–H groups in total. The Bertz CT molecular complexity index is 334. The second-order valence-corrected chi connectivity index (χ2v) is 7.32. The second kappa shape index (κ2) is 6.84. The zero-order valence-corrected chi connectivity index (χ0v) is 12.1. The Kier molecular flexibility index (Phi) is 6.04. The average molecular weight is 279 g/mol. The quantitative estimate of drug-likeness (QED) is 0.678. The summed E-state index contributed by atoms with van der Waals surface area (Å²) in [5.41, 5.74) is -0.860. The van der Waals surface area contributed by atoms with Gasteiger partial charge in [-0.25, -0.2) is 13.1 Å². The van der Waals surface area contributed by atoms with E-state index < -0.39 is 15.6 Å². The van der Waals surface area contributed by atoms with Crippen LogP contribution < -0.4 is 4.72 Å². The molecule has 0 saturated heterocycles. The summed E-state index contributed by atoms with van der Waals surface area (Å²) < 4.78 is 30.7. The molecule has 1 fully saturated rings. The molecule has 0 aromatic carbocycles. The molecule has 0 atom stereocenters. The first-order valence-electron chi connectivity index (χ1n) is 6.55. The van der Waals surface area contributed by atoms with Gasteiger partial charge in [-0.05, 0) is 38.0 Å². The normalized spacial score (nSPS) is 29.4. The van der Waals surface area contributed by atoms with Crippen molar-refractivity contribution in [3.8, 4) is 0 Å². The summed E-state index contributed by atoms with van der Waals surface area (Å²) in [4.78, 5) is 0. The third kappa shape index (κ3) is 5.65. The Morgan fingerprint density at radius 3 is 2.56 bits per heavy atom. The van der Waals surface area contributed by atoms with Crippen molar-refractivity contribution in [2.24, 2.45) is 5.92 Å². The smallest absolute Gasteiger partial charge is 0.211 e. The van der Waals surface area contributed by atoms with Crippen molar-refractivity contribution in [1.82, 2.24) is 4.72 Å². The Balaban J connectivity index is 2.34. The van der Waals surface area contributed by atoms with Crippen molar-refractivity contribution in [2.45, 2.75) is 44.6 Å². The fourth-order valence-electron chi connectivity index (χ4n) is 2.19. The van der Waals surface area contributed by atoms with E-state index in [-0.39, 0.29) is 12.3 Å². The molecule has 0 heterocycles. The van der Waals surface area contributed by atoms with Crippen molar-refractivity contribution in [3.63, 3.8) is 0 Å². The third-order valence-electron chi connectivity index (χ3n) is 3.59. The predicted octanol–water partition coefficient (Wildman–Crippen LogP) is 0.883. The van der Waals surface area contributed by atoms with Crippen molar-refractivity contribution in [2.75, 3.05) is 26.0 Å². The number of rotatable bonds is 7. The minimum absolute atomic E-state index is 0.0489. The van der Waals surface area contributed by atoms with Gasteiger partial charge in [0.1, 0.15) is 0 Å². The molecule has 18 heavy (non-hydrogen) atoms. The van der Waals surface area contributed by atoms with Crippen LogP contribution in [0.25, 0.3) is 0 Å². The summed E-state index contributed by atoms with van der Waals surface area (Å²) in [5.74, 6) is 0.677. The minimum Gasteiger partial charge on any atom is -0.389 e. The molecule has 0 bridgehead atoms. The summed E-state index contributed by atoms with van der Waals surface area (Å²) >= 11 is 0. The van der Waals surface area contributed by atoms with Crippen LogP contribution >= 0.6 is 0 Å². The largest absolute Gasteiger partial charge is 0.389 e. The first-order valence-corrected chi connectivity index (χ1v) is 8.21. The molecule has 5 nitrogen and oxygen atoms in total. The van der Waals surface area contributed by atoms with E-state index in [1.165, 1.54) is 0 Å². The van der Waals surface area contributed by atoms with Crippen molar-refractivity contribution in [1.29, 1.82) is 0 Å². The molecule has 0 spiro atoms. The summed E-state index contributed by atoms with van der Waals surface area (Å²) in [6.07, 6.45) is 3.74. The lowest BCUT2D eigenvalue weighted by Crippen LogP contribution is -2.45. The van der Waals surface area contributed by atoms with Crippen LogP contribution in [0.1, 0.15) is 39.0 Å². The maximum absolute atomic E-state index is 11.7. The van der Waals surface area contributed by atoms with Crippen molar-refractivity contribution < 1.29 is 18.3 Å². The lowest BCUT2D eigenvalue weighted by Gasteiger charge is -2.34. The number of sulfonamides is 1. The molecular formula is C12H25NO4S. The molecule has 1 aliphatic rings. The molecular weight excluding hydrogens is 254 g/mol. The van der Waals surface area contributed by atoms with Crippen LogP contribution in [0.4, 0.5) is 0 Å². The number of aliphatic hydroxyl groups is 1. The fourth-order valence-corrected chi connectivity index (χ4v) is 3.32. The Morgan fingerprint density at radius 1 is 1.39 bits per heavy atom. The van der Waals surface area contributed by atoms with Crippen LogP contribution in [0.2, 0.25) is 0 Å². The first-order chi connectivity index (χ1) is 8.37. The minimum atomic E-state index is -3.29. The Hall–Kier alpha value is -0.170. The van der Waals surface area contributed by atoms with Gasteiger partial charge < -0.3 is 9.84 Å². The van der Waals surface area contributed by atoms with Gasteiger partial charge in [-0.3, -0.25) is 0 Å². The maximum Gasteiger partial charge on any atom is 0.211 e. The lowest BCUT2D eigenvalue weighted by atomic mass is 9.80. The van der Waals surface area contributed by atoms with Crippen LogP contribution in [0.5, 0.6) is 0 Å². The van der Waals surface area contributed by atoms with Gasteiger partial charge in [-0.1, -0.05) is 6.92 Å². The Morgan fingerprint density at radius 2 is 2.00 bits per heavy atom. The van der Waals surface area contributed by atoms with E-state index in [2.05, 4.69) is 11.6 Å². The molecule has 0 aliphatic heterocycles. The lowest BCUT2D eigenvalue weighted by molar-refractivity contribution is -0.00183. The molecule has 0 aromatic heterocycles. The van der Waals surface area contributed by atoms with Gasteiger partial charge in [-0.15, -0.1) is 0 Å². The van der Waals surface area contributed by atoms with E-state index in [1.54, 1.807) is 7.11 Å². The van der Waals surface area contributed by atoms with E-state index in [0.717, 1.165) is 12.8 Å². The SMILES string of the molecule is COCCCS(=O)(=O)NCC1(O)CCC(C)CC1. The standard InChI is InChI=1S/C12H25NO4S/c1-11-4-6-12(14,7-5-11)10-13-18(15,16)9-3-8-17-2/h11,13-14H,3-10H2,1-2H3. The number of nitrogens with one attached hydrogen (secondary N) is 1. The van der Waals surface area contributed by atoms with E-state index in [0.29, 0.717) is 31.8 Å². The summed E-state index contributed by atoms with van der Waals surface area (Å²) in [5, 5.41) is 10.3. The average Bonchev–Trinajstić information content (AvgIpc) is 2.32. The van der Waals surface area contributed by atoms with E-state index in [4.69, 9.17) is 4.74 Å². The topological polar surface area (TPSA) is 75.6 Å².